The molecule has 1 unspecified atom stereocenters. The minimum absolute atomic E-state index is 0.331. The maximum Gasteiger partial charge on any atom is 0.416 e. The van der Waals surface area contributed by atoms with Crippen LogP contribution in [0.2, 0.25) is 0 Å². The van der Waals surface area contributed by atoms with Crippen LogP contribution in [0.4, 0.5) is 10.6 Å². The fraction of sp³-hybridized carbons (Fsp3) is 0.520. The van der Waals surface area contributed by atoms with Gasteiger partial charge in [0.15, 0.2) is 0 Å². The molecule has 3 rings (SSSR count). The molecule has 1 aliphatic rings. The zero-order valence-corrected chi connectivity index (χ0v) is 18.8. The molecule has 1 aromatic heterocycles. The molecule has 0 N–H and O–H groups in total. The number of unbranched alkanes of at least 4 members (excludes halogenated alkanes) is 1. The van der Waals surface area contributed by atoms with E-state index in [0.29, 0.717) is 18.4 Å². The van der Waals surface area contributed by atoms with Gasteiger partial charge in [-0.05, 0) is 63.8 Å². The summed E-state index contributed by atoms with van der Waals surface area (Å²) in [4.78, 5) is 21.6. The van der Waals surface area contributed by atoms with Crippen molar-refractivity contribution in [3.05, 3.63) is 59.8 Å². The van der Waals surface area contributed by atoms with Crippen molar-refractivity contribution in [2.24, 2.45) is 0 Å². The van der Waals surface area contributed by atoms with Gasteiger partial charge in [0.1, 0.15) is 11.4 Å². The van der Waals surface area contributed by atoms with Crippen molar-refractivity contribution in [2.75, 3.05) is 18.0 Å². The van der Waals surface area contributed by atoms with E-state index in [1.807, 2.05) is 33.0 Å². The number of rotatable bonds is 7. The van der Waals surface area contributed by atoms with Gasteiger partial charge in [-0.3, -0.25) is 9.80 Å². The quantitative estimate of drug-likeness (QED) is 0.566. The van der Waals surface area contributed by atoms with Crippen molar-refractivity contribution in [1.29, 1.82) is 0 Å². The van der Waals surface area contributed by atoms with Crippen LogP contribution in [0.5, 0.6) is 0 Å². The highest BCUT2D eigenvalue weighted by molar-refractivity contribution is 5.86. The van der Waals surface area contributed by atoms with E-state index in [-0.39, 0.29) is 6.09 Å². The first-order valence-electron chi connectivity index (χ1n) is 11.1. The summed E-state index contributed by atoms with van der Waals surface area (Å²) in [6.45, 7) is 10.4. The van der Waals surface area contributed by atoms with E-state index in [0.717, 1.165) is 32.4 Å². The number of benzene rings is 1. The van der Waals surface area contributed by atoms with Crippen LogP contribution < -0.4 is 4.90 Å². The average molecular weight is 410 g/mol. The van der Waals surface area contributed by atoms with Crippen LogP contribution >= 0.6 is 0 Å². The van der Waals surface area contributed by atoms with E-state index in [1.165, 1.54) is 17.5 Å². The van der Waals surface area contributed by atoms with Gasteiger partial charge in [-0.25, -0.2) is 9.78 Å². The number of ether oxygens (including phenoxy) is 1. The van der Waals surface area contributed by atoms with Gasteiger partial charge >= 0.3 is 6.09 Å². The lowest BCUT2D eigenvalue weighted by Crippen LogP contribution is -2.38. The third-order valence-electron chi connectivity index (χ3n) is 5.37. The van der Waals surface area contributed by atoms with E-state index >= 15 is 0 Å². The number of carbonyl (C=O) groups excluding carboxylic acids is 1. The highest BCUT2D eigenvalue weighted by atomic mass is 16.6. The molecule has 1 aliphatic heterocycles. The van der Waals surface area contributed by atoms with Crippen LogP contribution in [0.1, 0.15) is 70.5 Å². The maximum absolute atomic E-state index is 12.7. The SMILES string of the molecule is CCCCN(C(=O)OC(C)(C)C)c1ccc(C2CCCN2Cc2ccccc2)cn1. The topological polar surface area (TPSA) is 45.7 Å². The summed E-state index contributed by atoms with van der Waals surface area (Å²) in [6.07, 6.45) is 5.86. The molecule has 1 aromatic carbocycles. The van der Waals surface area contributed by atoms with Crippen LogP contribution in [0.25, 0.3) is 0 Å². The lowest BCUT2D eigenvalue weighted by molar-refractivity contribution is 0.0578. The molecule has 0 aliphatic carbocycles. The number of anilines is 1. The molecular weight excluding hydrogens is 374 g/mol. The Kier molecular flexibility index (Phi) is 7.48. The fourth-order valence-corrected chi connectivity index (χ4v) is 3.90. The zero-order chi connectivity index (χ0) is 21.6. The molecule has 1 atom stereocenters. The Labute approximate surface area is 181 Å². The zero-order valence-electron chi connectivity index (χ0n) is 18.8. The number of nitrogens with zero attached hydrogens (tertiary/aromatic N) is 3. The molecule has 1 amide bonds. The third kappa shape index (κ3) is 6.05. The van der Waals surface area contributed by atoms with E-state index in [4.69, 9.17) is 4.74 Å². The second-order valence-corrected chi connectivity index (χ2v) is 9.05. The molecule has 0 bridgehead atoms. The largest absolute Gasteiger partial charge is 0.443 e. The summed E-state index contributed by atoms with van der Waals surface area (Å²) in [5, 5.41) is 0. The van der Waals surface area contributed by atoms with Gasteiger partial charge in [0, 0.05) is 25.3 Å². The number of hydrogen-bond donors (Lipinski definition) is 0. The van der Waals surface area contributed by atoms with E-state index < -0.39 is 5.60 Å². The first-order valence-corrected chi connectivity index (χ1v) is 11.1. The summed E-state index contributed by atoms with van der Waals surface area (Å²) < 4.78 is 5.60. The van der Waals surface area contributed by atoms with Gasteiger partial charge in [-0.2, -0.15) is 0 Å². The second kappa shape index (κ2) is 10.1. The van der Waals surface area contributed by atoms with Crippen molar-refractivity contribution < 1.29 is 9.53 Å². The van der Waals surface area contributed by atoms with Crippen molar-refractivity contribution in [3.63, 3.8) is 0 Å². The van der Waals surface area contributed by atoms with Gasteiger partial charge in [-0.1, -0.05) is 49.7 Å². The molecule has 0 radical (unpaired) electrons. The van der Waals surface area contributed by atoms with Crippen LogP contribution in [-0.4, -0.2) is 34.7 Å². The lowest BCUT2D eigenvalue weighted by Gasteiger charge is -2.28. The Morgan fingerprint density at radius 2 is 1.97 bits per heavy atom. The van der Waals surface area contributed by atoms with Gasteiger partial charge < -0.3 is 4.74 Å². The van der Waals surface area contributed by atoms with Crippen molar-refractivity contribution in [2.45, 2.75) is 71.6 Å². The molecule has 2 aromatic rings. The van der Waals surface area contributed by atoms with E-state index in [2.05, 4.69) is 53.2 Å². The first kappa shape index (κ1) is 22.3. The number of pyridine rings is 1. The molecule has 2 heterocycles. The van der Waals surface area contributed by atoms with Crippen LogP contribution in [-0.2, 0) is 11.3 Å². The number of carbonyl (C=O) groups is 1. The average Bonchev–Trinajstić information content (AvgIpc) is 3.16. The molecule has 0 saturated carbocycles. The third-order valence-corrected chi connectivity index (χ3v) is 5.37. The van der Waals surface area contributed by atoms with Gasteiger partial charge in [-0.15, -0.1) is 0 Å². The summed E-state index contributed by atoms with van der Waals surface area (Å²) in [7, 11) is 0. The standard InChI is InChI=1S/C25H35N3O2/c1-5-6-17-28(24(29)30-25(2,3)4)23-15-14-21(18-26-23)22-13-10-16-27(22)19-20-11-8-7-9-12-20/h7-9,11-12,14-15,18,22H,5-6,10,13,16-17,19H2,1-4H3. The Morgan fingerprint density at radius 1 is 1.20 bits per heavy atom. The predicted octanol–water partition coefficient (Wildman–Crippen LogP) is 5.96. The Hall–Kier alpha value is -2.40. The summed E-state index contributed by atoms with van der Waals surface area (Å²) in [5.41, 5.74) is 2.03. The molecular formula is C25H35N3O2. The molecule has 5 heteroatoms. The summed E-state index contributed by atoms with van der Waals surface area (Å²) in [5.74, 6) is 0.661. The van der Waals surface area contributed by atoms with E-state index in [9.17, 15) is 4.79 Å². The number of aromatic nitrogens is 1. The highest BCUT2D eigenvalue weighted by Crippen LogP contribution is 2.33. The molecule has 30 heavy (non-hydrogen) atoms. The highest BCUT2D eigenvalue weighted by Gasteiger charge is 2.27. The Morgan fingerprint density at radius 3 is 2.60 bits per heavy atom. The smallest absolute Gasteiger partial charge is 0.416 e. The van der Waals surface area contributed by atoms with Crippen molar-refractivity contribution in [1.82, 2.24) is 9.88 Å². The molecule has 162 valence electrons. The molecule has 1 saturated heterocycles. The predicted molar refractivity (Wildman–Crippen MR) is 122 cm³/mol. The second-order valence-electron chi connectivity index (χ2n) is 9.05. The summed E-state index contributed by atoms with van der Waals surface area (Å²) >= 11 is 0. The number of likely N-dealkylation sites (tertiary alicyclic amines) is 1. The monoisotopic (exact) mass is 409 g/mol. The molecule has 0 spiro atoms. The van der Waals surface area contributed by atoms with Crippen LogP contribution in [0, 0.1) is 0 Å². The Bertz CT molecular complexity index is 799. The van der Waals surface area contributed by atoms with Gasteiger partial charge in [0.05, 0.1) is 0 Å². The van der Waals surface area contributed by atoms with E-state index in [1.54, 1.807) is 4.90 Å². The van der Waals surface area contributed by atoms with Crippen molar-refractivity contribution >= 4 is 11.9 Å². The summed E-state index contributed by atoms with van der Waals surface area (Å²) in [6, 6.07) is 15.1. The van der Waals surface area contributed by atoms with Gasteiger partial charge in [0.2, 0.25) is 0 Å². The van der Waals surface area contributed by atoms with Crippen LogP contribution in [0.15, 0.2) is 48.7 Å². The lowest BCUT2D eigenvalue weighted by atomic mass is 10.1. The number of amides is 1. The minimum atomic E-state index is -0.525. The molecule has 5 nitrogen and oxygen atoms in total. The maximum atomic E-state index is 12.7. The normalized spacial score (nSPS) is 17.1. The van der Waals surface area contributed by atoms with Gasteiger partial charge in [0.25, 0.3) is 0 Å². The Balaban J connectivity index is 1.73. The molecule has 1 fully saturated rings. The number of hydrogen-bond acceptors (Lipinski definition) is 4. The van der Waals surface area contributed by atoms with Crippen molar-refractivity contribution in [3.8, 4) is 0 Å². The fourth-order valence-electron chi connectivity index (χ4n) is 3.90. The minimum Gasteiger partial charge on any atom is -0.443 e. The van der Waals surface area contributed by atoms with Crippen LogP contribution in [0.3, 0.4) is 0 Å². The first-order chi connectivity index (χ1) is 14.4.